The zero-order chi connectivity index (χ0) is 17.9. The van der Waals surface area contributed by atoms with E-state index in [4.69, 9.17) is 0 Å². The Labute approximate surface area is 143 Å². The van der Waals surface area contributed by atoms with Gasteiger partial charge in [-0.15, -0.1) is 0 Å². The van der Waals surface area contributed by atoms with E-state index in [-0.39, 0.29) is 11.2 Å². The fraction of sp³-hybridized carbons (Fsp3) is 0.667. The molecule has 1 aromatic rings. The highest BCUT2D eigenvalue weighted by molar-refractivity contribution is 5.71. The number of H-pyrrole nitrogens is 1. The molecule has 0 spiro atoms. The zero-order valence-corrected chi connectivity index (χ0v) is 15.6. The van der Waals surface area contributed by atoms with Gasteiger partial charge in [0.05, 0.1) is 6.67 Å². The van der Waals surface area contributed by atoms with Crippen molar-refractivity contribution in [3.8, 4) is 0 Å². The van der Waals surface area contributed by atoms with Crippen molar-refractivity contribution >= 4 is 11.5 Å². The van der Waals surface area contributed by atoms with Gasteiger partial charge in [-0.1, -0.05) is 18.6 Å². The number of nitrogens with zero attached hydrogens (tertiary/aromatic N) is 3. The fourth-order valence-electron chi connectivity index (χ4n) is 3.30. The van der Waals surface area contributed by atoms with Crippen LogP contribution in [-0.2, 0) is 7.05 Å². The SMILES string of the molecule is CC(C)=CCC[C@@H](C)CCCN1CN(C)c2c1n(C)c(=O)[nH]c2=O. The maximum Gasteiger partial charge on any atom is 0.329 e. The van der Waals surface area contributed by atoms with Crippen molar-refractivity contribution < 1.29 is 0 Å². The molecule has 2 heterocycles. The normalized spacial score (nSPS) is 14.7. The molecule has 2 rings (SSSR count). The van der Waals surface area contributed by atoms with Crippen LogP contribution < -0.4 is 21.0 Å². The van der Waals surface area contributed by atoms with Gasteiger partial charge in [0.1, 0.15) is 11.5 Å². The fourth-order valence-corrected chi connectivity index (χ4v) is 3.30. The smallest absolute Gasteiger partial charge is 0.329 e. The highest BCUT2D eigenvalue weighted by atomic mass is 16.2. The topological polar surface area (TPSA) is 61.3 Å². The Morgan fingerprint density at radius 1 is 1.25 bits per heavy atom. The number of rotatable bonds is 7. The van der Waals surface area contributed by atoms with Crippen molar-refractivity contribution in [2.45, 2.75) is 46.5 Å². The summed E-state index contributed by atoms with van der Waals surface area (Å²) >= 11 is 0. The van der Waals surface area contributed by atoms with Gasteiger partial charge in [-0.05, 0) is 45.4 Å². The molecule has 1 aliphatic rings. The van der Waals surface area contributed by atoms with Crippen molar-refractivity contribution in [2.75, 3.05) is 30.1 Å². The first-order valence-electron chi connectivity index (χ1n) is 8.74. The van der Waals surface area contributed by atoms with E-state index in [9.17, 15) is 9.59 Å². The number of hydrogen-bond acceptors (Lipinski definition) is 4. The minimum atomic E-state index is -0.353. The van der Waals surface area contributed by atoms with Gasteiger partial charge in [0.15, 0.2) is 0 Å². The Morgan fingerprint density at radius 3 is 2.62 bits per heavy atom. The summed E-state index contributed by atoms with van der Waals surface area (Å²) in [4.78, 5) is 30.3. The molecule has 6 nitrogen and oxygen atoms in total. The van der Waals surface area contributed by atoms with Crippen LogP contribution in [0.5, 0.6) is 0 Å². The molecule has 1 atom stereocenters. The highest BCUT2D eigenvalue weighted by Crippen LogP contribution is 2.30. The number of allylic oxidation sites excluding steroid dienone is 2. The van der Waals surface area contributed by atoms with Crippen LogP contribution in [0.25, 0.3) is 0 Å². The second kappa shape index (κ2) is 7.73. The van der Waals surface area contributed by atoms with Gasteiger partial charge in [0.25, 0.3) is 5.56 Å². The number of anilines is 2. The van der Waals surface area contributed by atoms with Crippen molar-refractivity contribution in [3.05, 3.63) is 32.5 Å². The van der Waals surface area contributed by atoms with Gasteiger partial charge in [0, 0.05) is 20.6 Å². The number of fused-ring (bicyclic) bond motifs is 1. The molecule has 1 N–H and O–H groups in total. The molecule has 1 aliphatic heterocycles. The molecule has 0 amide bonds. The number of nitrogens with one attached hydrogen (secondary N) is 1. The average Bonchev–Trinajstić information content (AvgIpc) is 2.81. The van der Waals surface area contributed by atoms with Crippen molar-refractivity contribution in [1.82, 2.24) is 9.55 Å². The lowest BCUT2D eigenvalue weighted by Gasteiger charge is -2.21. The molecule has 1 aromatic heterocycles. The van der Waals surface area contributed by atoms with Crippen LogP contribution in [0, 0.1) is 5.92 Å². The van der Waals surface area contributed by atoms with Crippen molar-refractivity contribution in [3.63, 3.8) is 0 Å². The van der Waals surface area contributed by atoms with Crippen LogP contribution in [-0.4, -0.2) is 29.8 Å². The van der Waals surface area contributed by atoms with Crippen LogP contribution in [0.4, 0.5) is 11.5 Å². The summed E-state index contributed by atoms with van der Waals surface area (Å²) in [6.07, 6.45) is 6.86. The molecule has 0 aromatic carbocycles. The molecule has 24 heavy (non-hydrogen) atoms. The monoisotopic (exact) mass is 334 g/mol. The largest absolute Gasteiger partial charge is 0.349 e. The molecule has 0 radical (unpaired) electrons. The van der Waals surface area contributed by atoms with Crippen LogP contribution in [0.3, 0.4) is 0 Å². The Morgan fingerprint density at radius 2 is 1.96 bits per heavy atom. The minimum absolute atomic E-state index is 0.298. The molecule has 0 unspecified atom stereocenters. The third kappa shape index (κ3) is 4.10. The third-order valence-corrected chi connectivity index (χ3v) is 4.67. The number of hydrogen-bond donors (Lipinski definition) is 1. The van der Waals surface area contributed by atoms with E-state index in [0.717, 1.165) is 31.6 Å². The van der Waals surface area contributed by atoms with E-state index in [1.54, 1.807) is 11.6 Å². The van der Waals surface area contributed by atoms with Gasteiger partial charge in [-0.25, -0.2) is 4.79 Å². The summed E-state index contributed by atoms with van der Waals surface area (Å²) < 4.78 is 1.54. The molecule has 0 fully saturated rings. The third-order valence-electron chi connectivity index (χ3n) is 4.67. The quantitative estimate of drug-likeness (QED) is 0.778. The van der Waals surface area contributed by atoms with Crippen molar-refractivity contribution in [2.24, 2.45) is 13.0 Å². The Hall–Kier alpha value is -1.98. The number of aromatic nitrogens is 2. The van der Waals surface area contributed by atoms with E-state index in [1.807, 2.05) is 11.9 Å². The summed E-state index contributed by atoms with van der Waals surface area (Å²) in [7, 11) is 3.60. The maximum atomic E-state index is 12.1. The van der Waals surface area contributed by atoms with E-state index in [0.29, 0.717) is 18.3 Å². The predicted molar refractivity (Wildman–Crippen MR) is 100.0 cm³/mol. The van der Waals surface area contributed by atoms with E-state index >= 15 is 0 Å². The van der Waals surface area contributed by atoms with E-state index in [2.05, 4.69) is 36.7 Å². The molecule has 0 bridgehead atoms. The molecule has 6 heteroatoms. The first-order valence-corrected chi connectivity index (χ1v) is 8.74. The molecule has 134 valence electrons. The highest BCUT2D eigenvalue weighted by Gasteiger charge is 2.29. The average molecular weight is 334 g/mol. The molecule has 0 saturated heterocycles. The van der Waals surface area contributed by atoms with Crippen LogP contribution in [0.2, 0.25) is 0 Å². The summed E-state index contributed by atoms with van der Waals surface area (Å²) in [5.41, 5.74) is 1.32. The summed E-state index contributed by atoms with van der Waals surface area (Å²) in [6, 6.07) is 0. The lowest BCUT2D eigenvalue weighted by molar-refractivity contribution is 0.477. The lowest BCUT2D eigenvalue weighted by Crippen LogP contribution is -2.32. The second-order valence-electron chi connectivity index (χ2n) is 7.20. The maximum absolute atomic E-state index is 12.1. The van der Waals surface area contributed by atoms with E-state index in [1.165, 1.54) is 12.0 Å². The predicted octanol–water partition coefficient (Wildman–Crippen LogP) is 2.45. The lowest BCUT2D eigenvalue weighted by atomic mass is 9.99. The van der Waals surface area contributed by atoms with Gasteiger partial charge in [-0.3, -0.25) is 14.3 Å². The van der Waals surface area contributed by atoms with E-state index < -0.39 is 0 Å². The second-order valence-corrected chi connectivity index (χ2v) is 7.20. The minimum Gasteiger partial charge on any atom is -0.349 e. The summed E-state index contributed by atoms with van der Waals surface area (Å²) in [5.74, 6) is 1.42. The first-order chi connectivity index (χ1) is 11.3. The van der Waals surface area contributed by atoms with Gasteiger partial charge >= 0.3 is 5.69 Å². The summed E-state index contributed by atoms with van der Waals surface area (Å²) in [5, 5.41) is 0. The first kappa shape index (κ1) is 18.4. The Bertz CT molecular complexity index is 713. The summed E-state index contributed by atoms with van der Waals surface area (Å²) in [6.45, 7) is 8.09. The Kier molecular flexibility index (Phi) is 5.91. The van der Waals surface area contributed by atoms with Gasteiger partial charge < -0.3 is 9.80 Å². The molecular weight excluding hydrogens is 304 g/mol. The zero-order valence-electron chi connectivity index (χ0n) is 15.6. The van der Waals surface area contributed by atoms with Crippen LogP contribution in [0.1, 0.15) is 46.5 Å². The standard InChI is InChI=1S/C18H30N4O2/c1-13(2)8-6-9-14(3)10-7-11-22-12-20(4)15-16(23)19-18(24)21(5)17(15)22/h8,14H,6-7,9-12H2,1-5H3,(H,19,23,24)/t14-/m1/s1. The molecule has 0 aliphatic carbocycles. The van der Waals surface area contributed by atoms with Crippen LogP contribution in [0.15, 0.2) is 21.2 Å². The van der Waals surface area contributed by atoms with Gasteiger partial charge in [-0.2, -0.15) is 0 Å². The van der Waals surface area contributed by atoms with Gasteiger partial charge in [0.2, 0.25) is 0 Å². The molecule has 0 saturated carbocycles. The molecular formula is C18H30N4O2. The van der Waals surface area contributed by atoms with Crippen LogP contribution >= 0.6 is 0 Å². The number of aromatic amines is 1. The van der Waals surface area contributed by atoms with Crippen molar-refractivity contribution in [1.29, 1.82) is 0 Å². The Balaban J connectivity index is 1.96.